The van der Waals surface area contributed by atoms with E-state index in [1.165, 1.54) is 44.9 Å². The smallest absolute Gasteiger partial charge is 0.0951 e. The number of hydrogen-bond acceptors (Lipinski definition) is 5. The van der Waals surface area contributed by atoms with Crippen molar-refractivity contribution in [3.63, 3.8) is 0 Å². The van der Waals surface area contributed by atoms with Gasteiger partial charge in [-0.1, -0.05) is 12.1 Å². The lowest BCUT2D eigenvalue weighted by molar-refractivity contribution is 0.272. The van der Waals surface area contributed by atoms with Crippen molar-refractivity contribution in [2.24, 2.45) is 0 Å². The highest BCUT2D eigenvalue weighted by Crippen LogP contribution is 2.31. The van der Waals surface area contributed by atoms with Crippen LogP contribution in [-0.2, 0) is 6.42 Å². The molecule has 3 nitrogen and oxygen atoms in total. The highest BCUT2D eigenvalue weighted by atomic mass is 32.1. The molecular formula is C22H23N3S2. The molecule has 4 aromatic rings. The van der Waals surface area contributed by atoms with Crippen molar-refractivity contribution in [2.45, 2.75) is 39.2 Å². The number of benzene rings is 2. The van der Waals surface area contributed by atoms with Gasteiger partial charge in [-0.3, -0.25) is 0 Å². The van der Waals surface area contributed by atoms with Gasteiger partial charge in [-0.15, -0.1) is 22.7 Å². The molecule has 2 aromatic heterocycles. The lowest BCUT2D eigenvalue weighted by Gasteiger charge is -2.19. The van der Waals surface area contributed by atoms with Gasteiger partial charge < -0.3 is 4.90 Å². The average molecular weight is 394 g/mol. The van der Waals surface area contributed by atoms with Gasteiger partial charge >= 0.3 is 0 Å². The van der Waals surface area contributed by atoms with Gasteiger partial charge in [-0.2, -0.15) is 0 Å². The van der Waals surface area contributed by atoms with E-state index in [9.17, 15) is 0 Å². The summed E-state index contributed by atoms with van der Waals surface area (Å²) in [5, 5.41) is 2.38. The van der Waals surface area contributed by atoms with Gasteiger partial charge in [0.05, 0.1) is 30.4 Å². The fourth-order valence-electron chi connectivity index (χ4n) is 4.05. The standard InChI is InChI=1S/C22H23N3S2/c1-14-4-3-10-25(14)11-9-22-24-18-7-5-17(13-21(18)27-22)16-6-8-20-19(12-16)23-15(2)26-20/h5-8,12-14H,3-4,9-11H2,1-2H3. The topological polar surface area (TPSA) is 29.0 Å². The number of hydrogen-bond donors (Lipinski definition) is 0. The predicted octanol–water partition coefficient (Wildman–Crippen LogP) is 5.91. The lowest BCUT2D eigenvalue weighted by atomic mass is 10.1. The maximum absolute atomic E-state index is 4.87. The molecule has 1 atom stereocenters. The Kier molecular flexibility index (Phi) is 4.46. The maximum Gasteiger partial charge on any atom is 0.0951 e. The minimum atomic E-state index is 0.732. The zero-order valence-electron chi connectivity index (χ0n) is 15.7. The van der Waals surface area contributed by atoms with Crippen LogP contribution in [0.25, 0.3) is 31.6 Å². The summed E-state index contributed by atoms with van der Waals surface area (Å²) in [6, 6.07) is 14.0. The molecule has 2 aromatic carbocycles. The second-order valence-electron chi connectivity index (χ2n) is 7.48. The van der Waals surface area contributed by atoms with Crippen LogP contribution in [0.1, 0.15) is 29.8 Å². The first kappa shape index (κ1) is 17.3. The van der Waals surface area contributed by atoms with Crippen molar-refractivity contribution in [3.8, 4) is 11.1 Å². The summed E-state index contributed by atoms with van der Waals surface area (Å²) in [5.74, 6) is 0. The van der Waals surface area contributed by atoms with Crippen LogP contribution >= 0.6 is 22.7 Å². The van der Waals surface area contributed by atoms with E-state index in [1.807, 2.05) is 11.3 Å². The Morgan fingerprint density at radius 2 is 1.85 bits per heavy atom. The summed E-state index contributed by atoms with van der Waals surface area (Å²) in [6.45, 7) is 6.79. The second kappa shape index (κ2) is 6.97. The number of aromatic nitrogens is 2. The van der Waals surface area contributed by atoms with Crippen molar-refractivity contribution in [1.82, 2.24) is 14.9 Å². The Morgan fingerprint density at radius 1 is 1.00 bits per heavy atom. The molecule has 0 radical (unpaired) electrons. The third kappa shape index (κ3) is 3.40. The zero-order chi connectivity index (χ0) is 18.4. The molecule has 1 unspecified atom stereocenters. The monoisotopic (exact) mass is 393 g/mol. The van der Waals surface area contributed by atoms with E-state index >= 15 is 0 Å². The molecule has 0 saturated carbocycles. The van der Waals surface area contributed by atoms with E-state index in [2.05, 4.69) is 60.1 Å². The molecule has 5 rings (SSSR count). The van der Waals surface area contributed by atoms with E-state index in [4.69, 9.17) is 4.98 Å². The van der Waals surface area contributed by atoms with Crippen LogP contribution in [0.2, 0.25) is 0 Å². The molecule has 3 heterocycles. The van der Waals surface area contributed by atoms with Gasteiger partial charge in [-0.05, 0) is 68.6 Å². The fraction of sp³-hybridized carbons (Fsp3) is 0.364. The first-order valence-corrected chi connectivity index (χ1v) is 11.3. The first-order valence-electron chi connectivity index (χ1n) is 9.67. The first-order chi connectivity index (χ1) is 13.2. The molecule has 1 fully saturated rings. The Balaban J connectivity index is 1.40. The molecule has 138 valence electrons. The molecule has 27 heavy (non-hydrogen) atoms. The summed E-state index contributed by atoms with van der Waals surface area (Å²) >= 11 is 3.60. The third-order valence-corrected chi connectivity index (χ3v) is 7.59. The van der Waals surface area contributed by atoms with E-state index in [-0.39, 0.29) is 0 Å². The van der Waals surface area contributed by atoms with Crippen LogP contribution in [0, 0.1) is 6.92 Å². The molecule has 1 aliphatic rings. The summed E-state index contributed by atoms with van der Waals surface area (Å²) in [7, 11) is 0. The van der Waals surface area contributed by atoms with Crippen LogP contribution in [-0.4, -0.2) is 34.0 Å². The second-order valence-corrected chi connectivity index (χ2v) is 9.83. The number of nitrogens with zero attached hydrogens (tertiary/aromatic N) is 3. The van der Waals surface area contributed by atoms with Crippen LogP contribution in [0.3, 0.4) is 0 Å². The van der Waals surface area contributed by atoms with Crippen molar-refractivity contribution in [3.05, 3.63) is 46.4 Å². The number of fused-ring (bicyclic) bond motifs is 2. The predicted molar refractivity (Wildman–Crippen MR) is 117 cm³/mol. The van der Waals surface area contributed by atoms with E-state index in [0.717, 1.165) is 35.0 Å². The van der Waals surface area contributed by atoms with Gasteiger partial charge in [0.2, 0.25) is 0 Å². The minimum absolute atomic E-state index is 0.732. The van der Waals surface area contributed by atoms with Crippen molar-refractivity contribution < 1.29 is 0 Å². The largest absolute Gasteiger partial charge is 0.300 e. The lowest BCUT2D eigenvalue weighted by Crippen LogP contribution is -2.28. The molecule has 1 aliphatic heterocycles. The van der Waals surface area contributed by atoms with Crippen LogP contribution in [0.15, 0.2) is 36.4 Å². The molecule has 1 saturated heterocycles. The molecular weight excluding hydrogens is 370 g/mol. The van der Waals surface area contributed by atoms with Crippen LogP contribution in [0.5, 0.6) is 0 Å². The SMILES string of the molecule is Cc1nc2cc(-c3ccc4nc(CCN5CCCC5C)sc4c3)ccc2s1. The Bertz CT molecular complexity index is 1110. The molecule has 0 bridgehead atoms. The number of aryl methyl sites for hydroxylation is 1. The van der Waals surface area contributed by atoms with Crippen molar-refractivity contribution in [1.29, 1.82) is 0 Å². The van der Waals surface area contributed by atoms with Gasteiger partial charge in [-0.25, -0.2) is 9.97 Å². The van der Waals surface area contributed by atoms with Crippen LogP contribution in [0.4, 0.5) is 0 Å². The average Bonchev–Trinajstić information content (AvgIpc) is 3.35. The number of rotatable bonds is 4. The number of likely N-dealkylation sites (tertiary alicyclic amines) is 1. The summed E-state index contributed by atoms with van der Waals surface area (Å²) in [4.78, 5) is 12.1. The van der Waals surface area contributed by atoms with Crippen molar-refractivity contribution in [2.75, 3.05) is 13.1 Å². The molecule has 5 heteroatoms. The minimum Gasteiger partial charge on any atom is -0.300 e. The van der Waals surface area contributed by atoms with Gasteiger partial charge in [0.1, 0.15) is 0 Å². The van der Waals surface area contributed by atoms with E-state index < -0.39 is 0 Å². The molecule has 0 amide bonds. The normalized spacial score (nSPS) is 18.1. The number of thiazole rings is 2. The van der Waals surface area contributed by atoms with E-state index in [1.54, 1.807) is 11.3 Å². The Morgan fingerprint density at radius 3 is 2.70 bits per heavy atom. The van der Waals surface area contributed by atoms with Gasteiger partial charge in [0.15, 0.2) is 0 Å². The Labute approximate surface area is 167 Å². The van der Waals surface area contributed by atoms with Crippen molar-refractivity contribution >= 4 is 43.1 Å². The molecule has 0 aliphatic carbocycles. The fourth-order valence-corrected chi connectivity index (χ4v) is 5.85. The van der Waals surface area contributed by atoms with Gasteiger partial charge in [0, 0.05) is 19.0 Å². The zero-order valence-corrected chi connectivity index (χ0v) is 17.4. The molecule has 0 spiro atoms. The quantitative estimate of drug-likeness (QED) is 0.432. The van der Waals surface area contributed by atoms with E-state index in [0.29, 0.717) is 0 Å². The van der Waals surface area contributed by atoms with Crippen LogP contribution < -0.4 is 0 Å². The summed E-state index contributed by atoms with van der Waals surface area (Å²) < 4.78 is 2.54. The Hall–Kier alpha value is -1.82. The third-order valence-electron chi connectivity index (χ3n) is 5.56. The van der Waals surface area contributed by atoms with Gasteiger partial charge in [0.25, 0.3) is 0 Å². The summed E-state index contributed by atoms with van der Waals surface area (Å²) in [6.07, 6.45) is 3.74. The summed E-state index contributed by atoms with van der Waals surface area (Å²) in [5.41, 5.74) is 4.70. The molecule has 0 N–H and O–H groups in total. The maximum atomic E-state index is 4.87. The highest BCUT2D eigenvalue weighted by molar-refractivity contribution is 7.18. The highest BCUT2D eigenvalue weighted by Gasteiger charge is 2.20.